The summed E-state index contributed by atoms with van der Waals surface area (Å²) in [7, 11) is 0. The molecule has 0 amide bonds. The molecule has 4 heteroatoms. The Balaban J connectivity index is 3.46. The Labute approximate surface area is 72.2 Å². The summed E-state index contributed by atoms with van der Waals surface area (Å²) in [6.45, 7) is 4.69. The highest BCUT2D eigenvalue weighted by atomic mass is 35.5. The van der Waals surface area contributed by atoms with Gasteiger partial charge in [0.05, 0.1) is 12.5 Å². The molecule has 11 heavy (non-hydrogen) atoms. The van der Waals surface area contributed by atoms with E-state index in [1.165, 1.54) is 0 Å². The lowest BCUT2D eigenvalue weighted by molar-refractivity contribution is -0.147. The molecule has 1 atom stereocenters. The molecule has 0 aliphatic heterocycles. The molecule has 0 bridgehead atoms. The predicted molar refractivity (Wildman–Crippen MR) is 44.3 cm³/mol. The van der Waals surface area contributed by atoms with Gasteiger partial charge in [-0.1, -0.05) is 6.92 Å². The topological polar surface area (TPSA) is 38.3 Å². The zero-order valence-electron chi connectivity index (χ0n) is 6.89. The Bertz CT molecular complexity index is 119. The molecule has 0 aliphatic carbocycles. The van der Waals surface area contributed by atoms with Gasteiger partial charge in [0.2, 0.25) is 0 Å². The third kappa shape index (κ3) is 5.04. The van der Waals surface area contributed by atoms with Crippen molar-refractivity contribution in [3.63, 3.8) is 0 Å². The molecule has 0 aromatic heterocycles. The smallest absolute Gasteiger partial charge is 0.308 e. The predicted octanol–water partition coefficient (Wildman–Crippen LogP) is 1.32. The van der Waals surface area contributed by atoms with Gasteiger partial charge < -0.3 is 4.74 Å². The van der Waals surface area contributed by atoms with Crippen LogP contribution < -0.4 is 4.84 Å². The normalized spacial score (nSPS) is 12.6. The lowest BCUT2D eigenvalue weighted by Gasteiger charge is -2.08. The van der Waals surface area contributed by atoms with Crippen LogP contribution in [0.4, 0.5) is 0 Å². The zero-order chi connectivity index (χ0) is 8.69. The van der Waals surface area contributed by atoms with E-state index in [9.17, 15) is 4.79 Å². The highest BCUT2D eigenvalue weighted by Gasteiger charge is 2.12. The van der Waals surface area contributed by atoms with E-state index in [-0.39, 0.29) is 11.9 Å². The van der Waals surface area contributed by atoms with Gasteiger partial charge in [-0.05, 0) is 25.1 Å². The number of hydrogen-bond donors (Lipinski definition) is 1. The van der Waals surface area contributed by atoms with Crippen LogP contribution in [-0.4, -0.2) is 19.1 Å². The molecule has 3 nitrogen and oxygen atoms in total. The molecule has 0 aliphatic rings. The van der Waals surface area contributed by atoms with Crippen molar-refractivity contribution in [3.05, 3.63) is 0 Å². The number of ether oxygens (including phenoxy) is 1. The number of esters is 1. The number of nitrogens with one attached hydrogen (secondary N) is 1. The minimum atomic E-state index is -0.153. The van der Waals surface area contributed by atoms with Crippen LogP contribution in [0.15, 0.2) is 0 Å². The molecule has 0 saturated heterocycles. The van der Waals surface area contributed by atoms with Crippen molar-refractivity contribution in [2.45, 2.75) is 20.3 Å². The Kier molecular flexibility index (Phi) is 6.27. The van der Waals surface area contributed by atoms with Crippen molar-refractivity contribution in [2.75, 3.05) is 13.2 Å². The number of hydrogen-bond acceptors (Lipinski definition) is 3. The van der Waals surface area contributed by atoms with Gasteiger partial charge >= 0.3 is 5.97 Å². The second-order valence-electron chi connectivity index (χ2n) is 2.33. The van der Waals surface area contributed by atoms with Crippen LogP contribution in [0.1, 0.15) is 20.3 Å². The van der Waals surface area contributed by atoms with E-state index in [0.717, 1.165) is 0 Å². The van der Waals surface area contributed by atoms with Gasteiger partial charge in [0.15, 0.2) is 0 Å². The van der Waals surface area contributed by atoms with Gasteiger partial charge in [-0.3, -0.25) is 4.79 Å². The van der Waals surface area contributed by atoms with Gasteiger partial charge in [-0.25, -0.2) is 4.84 Å². The monoisotopic (exact) mass is 179 g/mol. The number of carbonyl (C=O) groups excluding carboxylic acids is 1. The van der Waals surface area contributed by atoms with Crippen molar-refractivity contribution in [1.29, 1.82) is 0 Å². The molecule has 0 heterocycles. The average Bonchev–Trinajstić information content (AvgIpc) is 2.00. The SMILES string of the molecule is CCOC(=O)C(C)CCNCl. The van der Waals surface area contributed by atoms with Crippen molar-refractivity contribution < 1.29 is 9.53 Å². The summed E-state index contributed by atoms with van der Waals surface area (Å²) in [5, 5.41) is 0. The zero-order valence-corrected chi connectivity index (χ0v) is 7.65. The summed E-state index contributed by atoms with van der Waals surface area (Å²) in [6.07, 6.45) is 0.711. The first kappa shape index (κ1) is 10.7. The molecular formula is C7H14ClNO2. The standard InChI is InChI=1S/C7H14ClNO2/c1-3-11-7(10)6(2)4-5-9-8/h6,9H,3-5H2,1-2H3. The number of halogens is 1. The van der Waals surface area contributed by atoms with Gasteiger partial charge in [-0.2, -0.15) is 0 Å². The van der Waals surface area contributed by atoms with Crippen molar-refractivity contribution >= 4 is 17.7 Å². The Morgan fingerprint density at radius 3 is 2.82 bits per heavy atom. The fourth-order valence-corrected chi connectivity index (χ4v) is 0.783. The van der Waals surface area contributed by atoms with Crippen LogP contribution >= 0.6 is 11.8 Å². The van der Waals surface area contributed by atoms with Crippen LogP contribution in [0.5, 0.6) is 0 Å². The van der Waals surface area contributed by atoms with E-state index in [4.69, 9.17) is 16.5 Å². The average molecular weight is 180 g/mol. The first-order valence-corrected chi connectivity index (χ1v) is 4.10. The summed E-state index contributed by atoms with van der Waals surface area (Å²) in [4.78, 5) is 13.4. The van der Waals surface area contributed by atoms with Crippen LogP contribution in [0, 0.1) is 5.92 Å². The van der Waals surface area contributed by atoms with E-state index >= 15 is 0 Å². The fourth-order valence-electron chi connectivity index (χ4n) is 0.673. The third-order valence-electron chi connectivity index (χ3n) is 1.36. The van der Waals surface area contributed by atoms with Crippen molar-refractivity contribution in [1.82, 2.24) is 4.84 Å². The fraction of sp³-hybridized carbons (Fsp3) is 0.857. The van der Waals surface area contributed by atoms with Crippen molar-refractivity contribution in [2.24, 2.45) is 5.92 Å². The molecule has 0 saturated carbocycles. The molecule has 0 rings (SSSR count). The largest absolute Gasteiger partial charge is 0.466 e. The molecule has 0 spiro atoms. The number of rotatable bonds is 5. The summed E-state index contributed by atoms with van der Waals surface area (Å²) >= 11 is 5.23. The molecular weight excluding hydrogens is 166 g/mol. The highest BCUT2D eigenvalue weighted by molar-refractivity contribution is 6.13. The molecule has 0 aromatic rings. The maximum absolute atomic E-state index is 11.0. The first-order chi connectivity index (χ1) is 5.22. The highest BCUT2D eigenvalue weighted by Crippen LogP contribution is 2.03. The van der Waals surface area contributed by atoms with E-state index in [1.807, 2.05) is 6.92 Å². The molecule has 0 radical (unpaired) electrons. The molecule has 1 unspecified atom stereocenters. The van der Waals surface area contributed by atoms with Crippen LogP contribution in [0.3, 0.4) is 0 Å². The van der Waals surface area contributed by atoms with Crippen LogP contribution in [-0.2, 0) is 9.53 Å². The first-order valence-electron chi connectivity index (χ1n) is 3.72. The third-order valence-corrected chi connectivity index (χ3v) is 1.55. The van der Waals surface area contributed by atoms with Gasteiger partial charge in [-0.15, -0.1) is 0 Å². The molecule has 0 fully saturated rings. The van der Waals surface area contributed by atoms with E-state index in [1.54, 1.807) is 6.92 Å². The molecule has 1 N–H and O–H groups in total. The summed E-state index contributed by atoms with van der Waals surface area (Å²) < 4.78 is 4.79. The van der Waals surface area contributed by atoms with Gasteiger partial charge in [0.1, 0.15) is 0 Å². The second-order valence-corrected chi connectivity index (χ2v) is 2.59. The summed E-state index contributed by atoms with van der Waals surface area (Å²) in [5.41, 5.74) is 0. The van der Waals surface area contributed by atoms with E-state index in [0.29, 0.717) is 19.6 Å². The van der Waals surface area contributed by atoms with Crippen LogP contribution in [0.25, 0.3) is 0 Å². The van der Waals surface area contributed by atoms with Gasteiger partial charge in [0, 0.05) is 6.54 Å². The van der Waals surface area contributed by atoms with Crippen molar-refractivity contribution in [3.8, 4) is 0 Å². The second kappa shape index (κ2) is 6.43. The van der Waals surface area contributed by atoms with Crippen LogP contribution in [0.2, 0.25) is 0 Å². The molecule has 0 aromatic carbocycles. The Hall–Kier alpha value is -0.280. The number of carbonyl (C=O) groups is 1. The summed E-state index contributed by atoms with van der Waals surface area (Å²) in [5.74, 6) is -0.222. The minimum absolute atomic E-state index is 0.0683. The quantitative estimate of drug-likeness (QED) is 0.511. The van der Waals surface area contributed by atoms with Gasteiger partial charge in [0.25, 0.3) is 0 Å². The maximum atomic E-state index is 11.0. The molecule has 66 valence electrons. The van der Waals surface area contributed by atoms with E-state index in [2.05, 4.69) is 4.84 Å². The lowest BCUT2D eigenvalue weighted by atomic mass is 10.1. The Morgan fingerprint density at radius 2 is 2.36 bits per heavy atom. The lowest BCUT2D eigenvalue weighted by Crippen LogP contribution is -2.18. The maximum Gasteiger partial charge on any atom is 0.308 e. The minimum Gasteiger partial charge on any atom is -0.466 e. The Morgan fingerprint density at radius 1 is 1.73 bits per heavy atom. The summed E-state index contributed by atoms with van der Waals surface area (Å²) in [6, 6.07) is 0. The van der Waals surface area contributed by atoms with E-state index < -0.39 is 0 Å².